The number of nitrogens with zero attached hydrogens (tertiary/aromatic N) is 3. The Morgan fingerprint density at radius 1 is 1.36 bits per heavy atom. The summed E-state index contributed by atoms with van der Waals surface area (Å²) in [5.74, 6) is 1.18. The van der Waals surface area contributed by atoms with Gasteiger partial charge in [-0.15, -0.1) is 0 Å². The zero-order chi connectivity index (χ0) is 15.7. The number of amides is 1. The quantitative estimate of drug-likeness (QED) is 0.946. The first-order valence-electron chi connectivity index (χ1n) is 8.03. The smallest absolute Gasteiger partial charge is 0.225 e. The fourth-order valence-electron chi connectivity index (χ4n) is 3.19. The average molecular weight is 300 g/mol. The minimum Gasteiger partial charge on any atom is -0.354 e. The van der Waals surface area contributed by atoms with Gasteiger partial charge >= 0.3 is 0 Å². The van der Waals surface area contributed by atoms with Crippen LogP contribution in [-0.4, -0.2) is 34.6 Å². The van der Waals surface area contributed by atoms with Crippen LogP contribution in [-0.2, 0) is 11.8 Å². The Balaban J connectivity index is 1.81. The molecule has 2 heterocycles. The number of carbonyl (C=O) groups excluding carboxylic acids is 1. The molecule has 0 saturated carbocycles. The summed E-state index contributed by atoms with van der Waals surface area (Å²) in [6.07, 6.45) is 1.98. The van der Waals surface area contributed by atoms with Crippen molar-refractivity contribution in [3.05, 3.63) is 24.3 Å². The number of piperidine rings is 1. The molecule has 5 heteroatoms. The highest BCUT2D eigenvalue weighted by molar-refractivity contribution is 5.81. The topological polar surface area (TPSA) is 50.2 Å². The molecule has 5 nitrogen and oxygen atoms in total. The summed E-state index contributed by atoms with van der Waals surface area (Å²) >= 11 is 0. The van der Waals surface area contributed by atoms with Crippen LogP contribution in [0.1, 0.15) is 26.7 Å². The largest absolute Gasteiger partial charge is 0.354 e. The van der Waals surface area contributed by atoms with Crippen LogP contribution < -0.4 is 10.2 Å². The molecule has 0 spiro atoms. The number of hydrogen-bond acceptors (Lipinski definition) is 3. The number of para-hydroxylation sites is 2. The highest BCUT2D eigenvalue weighted by atomic mass is 16.2. The van der Waals surface area contributed by atoms with Crippen LogP contribution in [0, 0.1) is 5.92 Å². The van der Waals surface area contributed by atoms with E-state index in [4.69, 9.17) is 4.98 Å². The molecule has 1 saturated heterocycles. The first kappa shape index (κ1) is 14.9. The average Bonchev–Trinajstić information content (AvgIpc) is 2.84. The van der Waals surface area contributed by atoms with Crippen LogP contribution in [0.2, 0.25) is 0 Å². The number of benzene rings is 1. The van der Waals surface area contributed by atoms with Crippen molar-refractivity contribution in [3.8, 4) is 0 Å². The maximum atomic E-state index is 12.3. The molecule has 118 valence electrons. The van der Waals surface area contributed by atoms with E-state index in [1.165, 1.54) is 0 Å². The number of aromatic nitrogens is 2. The molecule has 1 amide bonds. The predicted octanol–water partition coefficient (Wildman–Crippen LogP) is 2.31. The third-order valence-electron chi connectivity index (χ3n) is 4.27. The Morgan fingerprint density at radius 3 is 2.86 bits per heavy atom. The highest BCUT2D eigenvalue weighted by Gasteiger charge is 2.28. The fourth-order valence-corrected chi connectivity index (χ4v) is 3.19. The maximum absolute atomic E-state index is 12.3. The van der Waals surface area contributed by atoms with E-state index >= 15 is 0 Å². The summed E-state index contributed by atoms with van der Waals surface area (Å²) in [4.78, 5) is 19.3. The molecule has 22 heavy (non-hydrogen) atoms. The highest BCUT2D eigenvalue weighted by Crippen LogP contribution is 2.26. The van der Waals surface area contributed by atoms with E-state index in [9.17, 15) is 4.79 Å². The molecular formula is C17H24N4O. The first-order chi connectivity index (χ1) is 10.6. The van der Waals surface area contributed by atoms with Gasteiger partial charge in [0, 0.05) is 26.2 Å². The second-order valence-corrected chi connectivity index (χ2v) is 6.41. The maximum Gasteiger partial charge on any atom is 0.225 e. The van der Waals surface area contributed by atoms with E-state index in [2.05, 4.69) is 20.9 Å². The molecule has 1 atom stereocenters. The number of hydrogen-bond donors (Lipinski definition) is 1. The van der Waals surface area contributed by atoms with Crippen molar-refractivity contribution >= 4 is 22.9 Å². The van der Waals surface area contributed by atoms with Gasteiger partial charge in [0.05, 0.1) is 17.0 Å². The van der Waals surface area contributed by atoms with Gasteiger partial charge in [-0.3, -0.25) is 4.79 Å². The van der Waals surface area contributed by atoms with Gasteiger partial charge in [-0.2, -0.15) is 0 Å². The van der Waals surface area contributed by atoms with Gasteiger partial charge in [0.2, 0.25) is 11.9 Å². The third-order valence-corrected chi connectivity index (χ3v) is 4.27. The van der Waals surface area contributed by atoms with E-state index in [1.54, 1.807) is 0 Å². The lowest BCUT2D eigenvalue weighted by atomic mass is 9.97. The number of aryl methyl sites for hydroxylation is 1. The lowest BCUT2D eigenvalue weighted by Gasteiger charge is -2.33. The molecule has 1 unspecified atom stereocenters. The van der Waals surface area contributed by atoms with E-state index in [1.807, 2.05) is 39.1 Å². The Labute approximate surface area is 131 Å². The molecule has 0 radical (unpaired) electrons. The lowest BCUT2D eigenvalue weighted by molar-refractivity contribution is -0.125. The Bertz CT molecular complexity index is 676. The fraction of sp³-hybridized carbons (Fsp3) is 0.529. The van der Waals surface area contributed by atoms with Gasteiger partial charge < -0.3 is 14.8 Å². The Kier molecular flexibility index (Phi) is 4.05. The number of imidazole rings is 1. The van der Waals surface area contributed by atoms with Crippen LogP contribution in [0.4, 0.5) is 5.95 Å². The Hall–Kier alpha value is -2.04. The second kappa shape index (κ2) is 5.99. The van der Waals surface area contributed by atoms with Crippen LogP contribution in [0.15, 0.2) is 24.3 Å². The van der Waals surface area contributed by atoms with Gasteiger partial charge in [0.1, 0.15) is 0 Å². The third kappa shape index (κ3) is 2.80. The lowest BCUT2D eigenvalue weighted by Crippen LogP contribution is -2.45. The minimum absolute atomic E-state index is 0.0518. The van der Waals surface area contributed by atoms with E-state index in [0.29, 0.717) is 0 Å². The summed E-state index contributed by atoms with van der Waals surface area (Å²) in [5, 5.41) is 3.03. The van der Waals surface area contributed by atoms with Gasteiger partial charge in [0.25, 0.3) is 0 Å². The molecular weight excluding hydrogens is 276 g/mol. The number of rotatable bonds is 3. The van der Waals surface area contributed by atoms with Crippen molar-refractivity contribution in [2.45, 2.75) is 32.7 Å². The molecule has 1 aliphatic heterocycles. The van der Waals surface area contributed by atoms with Gasteiger partial charge in [0.15, 0.2) is 0 Å². The second-order valence-electron chi connectivity index (χ2n) is 6.41. The van der Waals surface area contributed by atoms with Crippen molar-refractivity contribution < 1.29 is 4.79 Å². The van der Waals surface area contributed by atoms with Crippen LogP contribution in [0.25, 0.3) is 11.0 Å². The number of fused-ring (bicyclic) bond motifs is 1. The van der Waals surface area contributed by atoms with Crippen molar-refractivity contribution in [1.29, 1.82) is 0 Å². The van der Waals surface area contributed by atoms with Crippen molar-refractivity contribution in [3.63, 3.8) is 0 Å². The van der Waals surface area contributed by atoms with E-state index in [0.717, 1.165) is 42.9 Å². The number of carbonyl (C=O) groups is 1. The standard InChI is InChI=1S/C17H24N4O/c1-12(2)18-16(22)13-7-6-10-21(11-13)17-19-14-8-4-5-9-15(14)20(17)3/h4-5,8-9,12-13H,6-7,10-11H2,1-3H3,(H,18,22). The van der Waals surface area contributed by atoms with Gasteiger partial charge in [-0.05, 0) is 38.8 Å². The molecule has 1 fully saturated rings. The molecule has 1 aromatic heterocycles. The normalized spacial score (nSPS) is 18.9. The van der Waals surface area contributed by atoms with Crippen molar-refractivity contribution in [2.24, 2.45) is 13.0 Å². The number of nitrogens with one attached hydrogen (secondary N) is 1. The molecule has 3 rings (SSSR count). The van der Waals surface area contributed by atoms with Crippen LogP contribution in [0.3, 0.4) is 0 Å². The summed E-state index contributed by atoms with van der Waals surface area (Å²) in [6.45, 7) is 5.71. The van der Waals surface area contributed by atoms with Gasteiger partial charge in [-0.25, -0.2) is 4.98 Å². The summed E-state index contributed by atoms with van der Waals surface area (Å²) in [5.41, 5.74) is 2.14. The van der Waals surface area contributed by atoms with Gasteiger partial charge in [-0.1, -0.05) is 12.1 Å². The molecule has 1 N–H and O–H groups in total. The zero-order valence-corrected chi connectivity index (χ0v) is 13.5. The van der Waals surface area contributed by atoms with Crippen molar-refractivity contribution in [2.75, 3.05) is 18.0 Å². The SMILES string of the molecule is CC(C)NC(=O)C1CCCN(c2nc3ccccc3n2C)C1. The van der Waals surface area contributed by atoms with Crippen LogP contribution >= 0.6 is 0 Å². The monoisotopic (exact) mass is 300 g/mol. The number of anilines is 1. The summed E-state index contributed by atoms with van der Waals surface area (Å²) < 4.78 is 2.12. The first-order valence-corrected chi connectivity index (χ1v) is 8.03. The van der Waals surface area contributed by atoms with Crippen molar-refractivity contribution in [1.82, 2.24) is 14.9 Å². The predicted molar refractivity (Wildman–Crippen MR) is 88.9 cm³/mol. The molecule has 1 aliphatic rings. The molecule has 0 aliphatic carbocycles. The molecule has 2 aromatic rings. The summed E-state index contributed by atoms with van der Waals surface area (Å²) in [7, 11) is 2.04. The zero-order valence-electron chi connectivity index (χ0n) is 13.5. The van der Waals surface area contributed by atoms with E-state index in [-0.39, 0.29) is 17.9 Å². The van der Waals surface area contributed by atoms with E-state index < -0.39 is 0 Å². The minimum atomic E-state index is 0.0518. The Morgan fingerprint density at radius 2 is 2.14 bits per heavy atom. The molecule has 0 bridgehead atoms. The summed E-state index contributed by atoms with van der Waals surface area (Å²) in [6, 6.07) is 8.35. The molecule has 1 aromatic carbocycles. The van der Waals surface area contributed by atoms with Crippen LogP contribution in [0.5, 0.6) is 0 Å².